The van der Waals surface area contributed by atoms with Crippen molar-refractivity contribution in [2.75, 3.05) is 13.2 Å². The van der Waals surface area contributed by atoms with E-state index in [0.29, 0.717) is 17.7 Å². The third-order valence-electron chi connectivity index (χ3n) is 5.52. The Bertz CT molecular complexity index is 1110. The Balaban J connectivity index is 1.42. The minimum Gasteiger partial charge on any atom is -0.371 e. The van der Waals surface area contributed by atoms with E-state index >= 15 is 0 Å². The molecule has 2 aliphatic heterocycles. The molecule has 0 radical (unpaired) electrons. The molecule has 2 N–H and O–H groups in total. The second-order valence-corrected chi connectivity index (χ2v) is 8.79. The van der Waals surface area contributed by atoms with Gasteiger partial charge in [-0.1, -0.05) is 16.8 Å². The highest BCUT2D eigenvalue weighted by Gasteiger charge is 2.52. The Kier molecular flexibility index (Phi) is 6.26. The molecule has 0 saturated carbocycles. The van der Waals surface area contributed by atoms with E-state index in [4.69, 9.17) is 30.3 Å². The van der Waals surface area contributed by atoms with Gasteiger partial charge in [-0.05, 0) is 20.8 Å². The number of carbonyl (C=O) groups is 1. The van der Waals surface area contributed by atoms with Crippen LogP contribution < -0.4 is 16.6 Å². The number of amides is 1. The van der Waals surface area contributed by atoms with Crippen LogP contribution in [0.3, 0.4) is 0 Å². The van der Waals surface area contributed by atoms with Crippen molar-refractivity contribution in [3.05, 3.63) is 49.6 Å². The maximum absolute atomic E-state index is 12.4. The summed E-state index contributed by atoms with van der Waals surface area (Å²) in [5, 5.41) is 6.66. The van der Waals surface area contributed by atoms with Gasteiger partial charge >= 0.3 is 5.69 Å². The van der Waals surface area contributed by atoms with Crippen LogP contribution in [0.15, 0.2) is 26.4 Å². The van der Waals surface area contributed by atoms with E-state index in [-0.39, 0.29) is 30.6 Å². The van der Waals surface area contributed by atoms with Gasteiger partial charge in [0.25, 0.3) is 5.56 Å². The molecular weight excluding hydrogens is 444 g/mol. The molecular formula is C20H25ClN4O7. The summed E-state index contributed by atoms with van der Waals surface area (Å²) in [5.74, 6) is -0.556. The summed E-state index contributed by atoms with van der Waals surface area (Å²) in [5.41, 5.74) is -0.570. The third kappa shape index (κ3) is 4.80. The number of ether oxygens (including phenoxy) is 3. The fourth-order valence-electron chi connectivity index (χ4n) is 4.01. The normalized spacial score (nSPS) is 26.6. The van der Waals surface area contributed by atoms with Crippen LogP contribution in [-0.4, -0.2) is 57.9 Å². The van der Waals surface area contributed by atoms with Gasteiger partial charge in [0.1, 0.15) is 24.1 Å². The zero-order valence-corrected chi connectivity index (χ0v) is 18.7. The summed E-state index contributed by atoms with van der Waals surface area (Å²) < 4.78 is 24.5. The smallest absolute Gasteiger partial charge is 0.328 e. The fraction of sp³-hybridized carbons (Fsp3) is 0.600. The van der Waals surface area contributed by atoms with E-state index in [0.717, 1.165) is 0 Å². The predicted molar refractivity (Wildman–Crippen MR) is 112 cm³/mol. The minimum atomic E-state index is -0.893. The van der Waals surface area contributed by atoms with Gasteiger partial charge < -0.3 is 24.1 Å². The first-order valence-corrected chi connectivity index (χ1v) is 10.7. The number of aromatic amines is 1. The molecule has 0 bridgehead atoms. The first kappa shape index (κ1) is 22.7. The van der Waals surface area contributed by atoms with Crippen molar-refractivity contribution >= 4 is 17.5 Å². The van der Waals surface area contributed by atoms with Gasteiger partial charge in [0.15, 0.2) is 10.9 Å². The van der Waals surface area contributed by atoms with Crippen LogP contribution in [0.5, 0.6) is 0 Å². The quantitative estimate of drug-likeness (QED) is 0.631. The molecule has 1 amide bonds. The Hall–Kier alpha value is -2.47. The molecule has 2 aromatic heterocycles. The molecule has 2 fully saturated rings. The number of hydrogen-bond donors (Lipinski definition) is 2. The number of rotatable bonds is 6. The van der Waals surface area contributed by atoms with Crippen molar-refractivity contribution in [3.63, 3.8) is 0 Å². The monoisotopic (exact) mass is 468 g/mol. The maximum atomic E-state index is 12.4. The molecule has 32 heavy (non-hydrogen) atoms. The van der Waals surface area contributed by atoms with Gasteiger partial charge in [0.05, 0.1) is 12.6 Å². The largest absolute Gasteiger partial charge is 0.371 e. The fourth-order valence-corrected chi connectivity index (χ4v) is 4.16. The summed E-state index contributed by atoms with van der Waals surface area (Å²) in [4.78, 5) is 38.7. The molecule has 174 valence electrons. The van der Waals surface area contributed by atoms with Crippen LogP contribution in [-0.2, 0) is 25.4 Å². The van der Waals surface area contributed by atoms with Crippen LogP contribution in [0.25, 0.3) is 0 Å². The van der Waals surface area contributed by atoms with Gasteiger partial charge in [-0.2, -0.15) is 0 Å². The number of H-pyrrole nitrogens is 1. The van der Waals surface area contributed by atoms with Crippen molar-refractivity contribution in [1.29, 1.82) is 0 Å². The number of fused-ring (bicyclic) bond motifs is 1. The molecule has 12 heteroatoms. The standard InChI is InChI=1S/C20H25ClN4O7/c1-10-8-25(19(28)23-18(10)27)12-9-29-13(17-16(12)30-20(2,3)31-17)7-22-15(26)5-4-11-6-14(21)24-32-11/h6,8,12-13,16-17H,4-5,7,9H2,1-3H3,(H,22,26)(H,23,27,28)/t12-,13-,16+,17-/m1/s1. The molecule has 4 rings (SSSR count). The highest BCUT2D eigenvalue weighted by atomic mass is 35.5. The molecule has 0 aromatic carbocycles. The van der Waals surface area contributed by atoms with E-state index in [1.807, 2.05) is 0 Å². The van der Waals surface area contributed by atoms with Gasteiger partial charge in [-0.15, -0.1) is 0 Å². The number of aromatic nitrogens is 3. The zero-order chi connectivity index (χ0) is 23.0. The molecule has 11 nitrogen and oxygen atoms in total. The molecule has 0 aliphatic carbocycles. The predicted octanol–water partition coefficient (Wildman–Crippen LogP) is 0.695. The van der Waals surface area contributed by atoms with E-state index in [2.05, 4.69) is 15.5 Å². The molecule has 4 heterocycles. The van der Waals surface area contributed by atoms with E-state index < -0.39 is 41.4 Å². The van der Waals surface area contributed by atoms with Crippen LogP contribution in [0.1, 0.15) is 37.6 Å². The topological polar surface area (TPSA) is 138 Å². The van der Waals surface area contributed by atoms with Gasteiger partial charge in [0.2, 0.25) is 5.91 Å². The van der Waals surface area contributed by atoms with E-state index in [1.54, 1.807) is 26.8 Å². The van der Waals surface area contributed by atoms with Crippen molar-refractivity contribution in [2.24, 2.45) is 0 Å². The second-order valence-electron chi connectivity index (χ2n) is 8.40. The number of aryl methyl sites for hydroxylation is 2. The molecule has 2 aliphatic rings. The molecule has 0 spiro atoms. The molecule has 0 unspecified atom stereocenters. The highest BCUT2D eigenvalue weighted by molar-refractivity contribution is 6.29. The number of hydrogen-bond acceptors (Lipinski definition) is 8. The Morgan fingerprint density at radius 3 is 2.81 bits per heavy atom. The van der Waals surface area contributed by atoms with Crippen molar-refractivity contribution in [2.45, 2.75) is 63.8 Å². The van der Waals surface area contributed by atoms with E-state index in [1.165, 1.54) is 10.8 Å². The lowest BCUT2D eigenvalue weighted by atomic mass is 9.97. The van der Waals surface area contributed by atoms with Gasteiger partial charge in [0, 0.05) is 37.2 Å². The molecule has 2 saturated heterocycles. The van der Waals surface area contributed by atoms with Crippen LogP contribution >= 0.6 is 11.6 Å². The van der Waals surface area contributed by atoms with Crippen LogP contribution in [0.2, 0.25) is 5.15 Å². The van der Waals surface area contributed by atoms with Crippen molar-refractivity contribution in [3.8, 4) is 0 Å². The highest BCUT2D eigenvalue weighted by Crippen LogP contribution is 2.39. The third-order valence-corrected chi connectivity index (χ3v) is 5.70. The average molecular weight is 469 g/mol. The number of nitrogens with zero attached hydrogens (tertiary/aromatic N) is 2. The SMILES string of the molecule is Cc1cn([C@@H]2CO[C@H](CNC(=O)CCc3cc(Cl)no3)[C@H]3OC(C)(C)O[C@H]32)c(=O)[nH]c1=O. The minimum absolute atomic E-state index is 0.156. The van der Waals surface area contributed by atoms with Gasteiger partial charge in [-0.3, -0.25) is 19.1 Å². The zero-order valence-electron chi connectivity index (χ0n) is 17.9. The summed E-state index contributed by atoms with van der Waals surface area (Å²) >= 11 is 5.71. The maximum Gasteiger partial charge on any atom is 0.328 e. The number of halogens is 1. The summed E-state index contributed by atoms with van der Waals surface area (Å²) in [6.45, 7) is 5.55. The molecule has 4 atom stereocenters. The molecule has 2 aromatic rings. The summed E-state index contributed by atoms with van der Waals surface area (Å²) in [6.07, 6.45) is 0.576. The second kappa shape index (κ2) is 8.81. The number of nitrogens with one attached hydrogen (secondary N) is 2. The Morgan fingerprint density at radius 2 is 2.09 bits per heavy atom. The van der Waals surface area contributed by atoms with Crippen molar-refractivity contribution in [1.82, 2.24) is 20.0 Å². The number of carbonyl (C=O) groups excluding carboxylic acids is 1. The summed E-state index contributed by atoms with van der Waals surface area (Å²) in [7, 11) is 0. The first-order valence-electron chi connectivity index (χ1n) is 10.3. The Morgan fingerprint density at radius 1 is 1.34 bits per heavy atom. The van der Waals surface area contributed by atoms with E-state index in [9.17, 15) is 14.4 Å². The lowest BCUT2D eigenvalue weighted by Crippen LogP contribution is -2.54. The van der Waals surface area contributed by atoms with Crippen LogP contribution in [0.4, 0.5) is 0 Å². The lowest BCUT2D eigenvalue weighted by Gasteiger charge is -2.37. The van der Waals surface area contributed by atoms with Gasteiger partial charge in [-0.25, -0.2) is 4.79 Å². The summed E-state index contributed by atoms with van der Waals surface area (Å²) in [6, 6.07) is 1.07. The average Bonchev–Trinajstić information content (AvgIpc) is 3.29. The Labute approximate surface area is 188 Å². The first-order chi connectivity index (χ1) is 15.1. The lowest BCUT2D eigenvalue weighted by molar-refractivity contribution is -0.153. The van der Waals surface area contributed by atoms with Crippen LogP contribution in [0, 0.1) is 6.92 Å². The van der Waals surface area contributed by atoms with Crippen molar-refractivity contribution < 1.29 is 23.5 Å².